The van der Waals surface area contributed by atoms with Crippen molar-refractivity contribution in [1.82, 2.24) is 9.80 Å². The molecule has 1 fully saturated rings. The minimum atomic E-state index is 0. The van der Waals surface area contributed by atoms with Crippen LogP contribution >= 0.6 is 12.4 Å². The summed E-state index contributed by atoms with van der Waals surface area (Å²) in [6.45, 7) is 7.10. The van der Waals surface area contributed by atoms with Gasteiger partial charge in [-0.1, -0.05) is 43.7 Å². The highest BCUT2D eigenvalue weighted by Gasteiger charge is 2.22. The predicted octanol–water partition coefficient (Wildman–Crippen LogP) is 3.20. The van der Waals surface area contributed by atoms with Gasteiger partial charge in [0.2, 0.25) is 0 Å². The van der Waals surface area contributed by atoms with Crippen molar-refractivity contribution in [2.45, 2.75) is 25.8 Å². The number of hydrogen-bond donors (Lipinski definition) is 0. The van der Waals surface area contributed by atoms with Crippen LogP contribution in [0.5, 0.6) is 0 Å². The summed E-state index contributed by atoms with van der Waals surface area (Å²) in [6.07, 6.45) is 2.53. The topological polar surface area (TPSA) is 6.48 Å². The smallest absolute Gasteiger partial charge is 0.0349 e. The first-order valence-corrected chi connectivity index (χ1v) is 6.79. The highest BCUT2D eigenvalue weighted by atomic mass is 35.5. The van der Waals surface area contributed by atoms with Crippen LogP contribution < -0.4 is 0 Å². The van der Waals surface area contributed by atoms with Gasteiger partial charge in [-0.3, -0.25) is 4.90 Å². The number of benzene rings is 1. The van der Waals surface area contributed by atoms with Crippen LogP contribution in [0.25, 0.3) is 0 Å². The number of piperazine rings is 1. The molecule has 102 valence electrons. The molecule has 1 aliphatic heterocycles. The highest BCUT2D eigenvalue weighted by Crippen LogP contribution is 2.26. The van der Waals surface area contributed by atoms with Gasteiger partial charge in [0.25, 0.3) is 0 Å². The van der Waals surface area contributed by atoms with Gasteiger partial charge in [-0.25, -0.2) is 0 Å². The maximum atomic E-state index is 2.65. The van der Waals surface area contributed by atoms with E-state index in [-0.39, 0.29) is 12.4 Å². The summed E-state index contributed by atoms with van der Waals surface area (Å²) in [5.41, 5.74) is 1.49. The van der Waals surface area contributed by atoms with Crippen LogP contribution in [0, 0.1) is 0 Å². The Kier molecular flexibility index (Phi) is 6.69. The molecule has 1 aromatic rings. The summed E-state index contributed by atoms with van der Waals surface area (Å²) >= 11 is 0. The molecule has 0 radical (unpaired) electrons. The first-order chi connectivity index (χ1) is 8.31. The van der Waals surface area contributed by atoms with Gasteiger partial charge in [0.15, 0.2) is 0 Å². The molecule has 1 aliphatic rings. The van der Waals surface area contributed by atoms with E-state index in [2.05, 4.69) is 54.1 Å². The fourth-order valence-corrected chi connectivity index (χ4v) is 2.64. The lowest BCUT2D eigenvalue weighted by atomic mass is 10.00. The van der Waals surface area contributed by atoms with Crippen molar-refractivity contribution in [2.75, 3.05) is 33.2 Å². The zero-order valence-electron chi connectivity index (χ0n) is 11.5. The largest absolute Gasteiger partial charge is 0.304 e. The lowest BCUT2D eigenvalue weighted by Crippen LogP contribution is -2.45. The maximum absolute atomic E-state index is 2.65. The Balaban J connectivity index is 0.00000162. The summed E-state index contributed by atoms with van der Waals surface area (Å²) < 4.78 is 0. The normalized spacial score (nSPS) is 19.2. The second-order valence-corrected chi connectivity index (χ2v) is 5.05. The van der Waals surface area contributed by atoms with Crippen LogP contribution in [0.3, 0.4) is 0 Å². The molecule has 1 atom stereocenters. The molecule has 0 saturated carbocycles. The first kappa shape index (κ1) is 15.5. The zero-order valence-corrected chi connectivity index (χ0v) is 12.3. The van der Waals surface area contributed by atoms with Crippen LogP contribution in [-0.4, -0.2) is 43.0 Å². The molecule has 2 rings (SSSR count). The molecule has 1 saturated heterocycles. The van der Waals surface area contributed by atoms with Crippen LogP contribution in [0.4, 0.5) is 0 Å². The fourth-order valence-electron chi connectivity index (χ4n) is 2.64. The second-order valence-electron chi connectivity index (χ2n) is 5.05. The van der Waals surface area contributed by atoms with Gasteiger partial charge in [-0.15, -0.1) is 12.4 Å². The van der Waals surface area contributed by atoms with Gasteiger partial charge in [0, 0.05) is 32.2 Å². The van der Waals surface area contributed by atoms with E-state index in [0.29, 0.717) is 6.04 Å². The van der Waals surface area contributed by atoms with E-state index < -0.39 is 0 Å². The fraction of sp³-hybridized carbons (Fsp3) is 0.600. The molecule has 1 aromatic carbocycles. The third-order valence-corrected chi connectivity index (χ3v) is 3.73. The number of hydrogen-bond acceptors (Lipinski definition) is 2. The van der Waals surface area contributed by atoms with E-state index in [4.69, 9.17) is 0 Å². The van der Waals surface area contributed by atoms with Crippen molar-refractivity contribution in [3.63, 3.8) is 0 Å². The molecule has 0 aromatic heterocycles. The van der Waals surface area contributed by atoms with E-state index in [1.54, 1.807) is 0 Å². The predicted molar refractivity (Wildman–Crippen MR) is 80.4 cm³/mol. The molecular weight excluding hydrogens is 244 g/mol. The maximum Gasteiger partial charge on any atom is 0.0349 e. The Morgan fingerprint density at radius 3 is 2.22 bits per heavy atom. The molecule has 1 heterocycles. The summed E-state index contributed by atoms with van der Waals surface area (Å²) in [4.78, 5) is 5.07. The minimum Gasteiger partial charge on any atom is -0.304 e. The second kappa shape index (κ2) is 7.78. The molecule has 1 unspecified atom stereocenters. The molecule has 2 nitrogen and oxygen atoms in total. The van der Waals surface area contributed by atoms with Crippen LogP contribution in [0.2, 0.25) is 0 Å². The average molecular weight is 269 g/mol. The standard InChI is InChI=1S/C15H24N2.ClH/c1-3-7-15(14-8-5-4-6-9-14)17-12-10-16(2)11-13-17;/h4-6,8-9,15H,3,7,10-13H2,1-2H3;1H. The Bertz CT molecular complexity index is 321. The summed E-state index contributed by atoms with van der Waals surface area (Å²) in [5, 5.41) is 0. The lowest BCUT2D eigenvalue weighted by molar-refractivity contribution is 0.106. The van der Waals surface area contributed by atoms with Gasteiger partial charge in [-0.2, -0.15) is 0 Å². The van der Waals surface area contributed by atoms with Gasteiger partial charge in [0.05, 0.1) is 0 Å². The molecule has 0 aliphatic carbocycles. The third-order valence-electron chi connectivity index (χ3n) is 3.73. The minimum absolute atomic E-state index is 0. The Morgan fingerprint density at radius 2 is 1.67 bits per heavy atom. The van der Waals surface area contributed by atoms with Gasteiger partial charge in [-0.05, 0) is 19.0 Å². The SMILES string of the molecule is CCCC(c1ccccc1)N1CCN(C)CC1.Cl. The lowest BCUT2D eigenvalue weighted by Gasteiger charge is -2.38. The van der Waals surface area contributed by atoms with Crippen molar-refractivity contribution in [3.05, 3.63) is 35.9 Å². The van der Waals surface area contributed by atoms with Crippen molar-refractivity contribution in [2.24, 2.45) is 0 Å². The molecule has 0 bridgehead atoms. The average Bonchev–Trinajstić information content (AvgIpc) is 2.38. The molecule has 0 amide bonds. The number of likely N-dealkylation sites (N-methyl/N-ethyl adjacent to an activating group) is 1. The van der Waals surface area contributed by atoms with Gasteiger partial charge in [0.1, 0.15) is 0 Å². The van der Waals surface area contributed by atoms with E-state index in [0.717, 1.165) is 0 Å². The van der Waals surface area contributed by atoms with E-state index in [9.17, 15) is 0 Å². The first-order valence-electron chi connectivity index (χ1n) is 6.79. The summed E-state index contributed by atoms with van der Waals surface area (Å²) in [6, 6.07) is 11.6. The summed E-state index contributed by atoms with van der Waals surface area (Å²) in [5.74, 6) is 0. The quantitative estimate of drug-likeness (QED) is 0.828. The molecular formula is C15H25ClN2. The molecule has 3 heteroatoms. The third kappa shape index (κ3) is 3.98. The number of nitrogens with zero attached hydrogens (tertiary/aromatic N) is 2. The van der Waals surface area contributed by atoms with Crippen molar-refractivity contribution < 1.29 is 0 Å². The number of halogens is 1. The van der Waals surface area contributed by atoms with Crippen molar-refractivity contribution >= 4 is 12.4 Å². The number of rotatable bonds is 4. The Labute approximate surface area is 117 Å². The molecule has 0 N–H and O–H groups in total. The monoisotopic (exact) mass is 268 g/mol. The Hall–Kier alpha value is -0.570. The van der Waals surface area contributed by atoms with Gasteiger partial charge >= 0.3 is 0 Å². The highest BCUT2D eigenvalue weighted by molar-refractivity contribution is 5.85. The van der Waals surface area contributed by atoms with Crippen LogP contribution in [0.15, 0.2) is 30.3 Å². The van der Waals surface area contributed by atoms with Crippen LogP contribution in [0.1, 0.15) is 31.4 Å². The summed E-state index contributed by atoms with van der Waals surface area (Å²) in [7, 11) is 2.22. The van der Waals surface area contributed by atoms with Crippen molar-refractivity contribution in [1.29, 1.82) is 0 Å². The van der Waals surface area contributed by atoms with E-state index in [1.807, 2.05) is 0 Å². The molecule has 18 heavy (non-hydrogen) atoms. The van der Waals surface area contributed by atoms with Crippen molar-refractivity contribution in [3.8, 4) is 0 Å². The van der Waals surface area contributed by atoms with Crippen LogP contribution in [-0.2, 0) is 0 Å². The van der Waals surface area contributed by atoms with Gasteiger partial charge < -0.3 is 4.90 Å². The molecule has 0 spiro atoms. The Morgan fingerprint density at radius 1 is 1.06 bits per heavy atom. The zero-order chi connectivity index (χ0) is 12.1. The van der Waals surface area contributed by atoms with E-state index in [1.165, 1.54) is 44.6 Å². The van der Waals surface area contributed by atoms with E-state index >= 15 is 0 Å².